The van der Waals surface area contributed by atoms with E-state index in [1.54, 1.807) is 78.9 Å². The van der Waals surface area contributed by atoms with Crippen molar-refractivity contribution in [3.63, 3.8) is 0 Å². The molecular weight excluding hydrogens is 696 g/mol. The maximum atomic E-state index is 14.2. The van der Waals surface area contributed by atoms with Crippen LogP contribution in [0.2, 0.25) is 0 Å². The molecule has 1 saturated heterocycles. The molecule has 2 heterocycles. The number of halogens is 3. The zero-order valence-corrected chi connectivity index (χ0v) is 29.1. The second-order valence-corrected chi connectivity index (χ2v) is 13.3. The van der Waals surface area contributed by atoms with Gasteiger partial charge in [0, 0.05) is 32.6 Å². The number of fused-ring (bicyclic) bond motifs is 1. The zero-order valence-electron chi connectivity index (χ0n) is 28.3. The van der Waals surface area contributed by atoms with E-state index in [1.807, 2.05) is 0 Å². The second-order valence-electron chi connectivity index (χ2n) is 12.2. The van der Waals surface area contributed by atoms with Gasteiger partial charge in [-0.05, 0) is 122 Å². The van der Waals surface area contributed by atoms with E-state index in [9.17, 15) is 27.6 Å². The highest BCUT2D eigenvalue weighted by Gasteiger charge is 2.30. The van der Waals surface area contributed by atoms with Crippen molar-refractivity contribution < 1.29 is 46.5 Å². The van der Waals surface area contributed by atoms with E-state index in [4.69, 9.17) is 18.9 Å². The van der Waals surface area contributed by atoms with E-state index in [2.05, 4.69) is 4.90 Å². The first-order valence-electron chi connectivity index (χ1n) is 16.8. The summed E-state index contributed by atoms with van der Waals surface area (Å²) in [7, 11) is 1.53. The standard InChI is InChI=1S/C40H36F3NO7S/c1-48-28-11-9-27(10-12-28)39(46)51-31-17-18-32-34(23-31)52-38(26-7-15-30(16-8-26)50-40(47)36(43)33(42)24-41)35(32)37(45)25-5-13-29(14-6-25)49-22-21-44-19-3-2-4-20-44/h5-18,23,33,36H,2-4,19-22,24H2,1H3. The molecule has 4 aromatic carbocycles. The molecule has 12 heteroatoms. The van der Waals surface area contributed by atoms with Crippen LogP contribution in [0.25, 0.3) is 20.5 Å². The number of benzene rings is 4. The van der Waals surface area contributed by atoms with Crippen LogP contribution in [0.5, 0.6) is 23.0 Å². The summed E-state index contributed by atoms with van der Waals surface area (Å²) >= 11 is 1.28. The molecule has 6 rings (SSSR count). The van der Waals surface area contributed by atoms with Crippen molar-refractivity contribution in [3.8, 4) is 33.4 Å². The number of likely N-dealkylation sites (tertiary alicyclic amines) is 1. The van der Waals surface area contributed by atoms with Crippen molar-refractivity contribution in [2.24, 2.45) is 0 Å². The molecule has 2 atom stereocenters. The molecule has 1 aromatic heterocycles. The van der Waals surface area contributed by atoms with Crippen molar-refractivity contribution in [2.75, 3.05) is 40.0 Å². The third kappa shape index (κ3) is 8.63. The van der Waals surface area contributed by atoms with Gasteiger partial charge in [-0.15, -0.1) is 11.3 Å². The number of esters is 2. The monoisotopic (exact) mass is 731 g/mol. The lowest BCUT2D eigenvalue weighted by atomic mass is 9.97. The van der Waals surface area contributed by atoms with Crippen LogP contribution in [0.1, 0.15) is 45.5 Å². The Bertz CT molecular complexity index is 2010. The number of ether oxygens (including phenoxy) is 4. The number of piperidine rings is 1. The number of alkyl halides is 3. The molecule has 0 N–H and O–H groups in total. The molecule has 0 saturated carbocycles. The van der Waals surface area contributed by atoms with Gasteiger partial charge in [-0.2, -0.15) is 0 Å². The van der Waals surface area contributed by atoms with E-state index >= 15 is 0 Å². The minimum atomic E-state index is -2.77. The topological polar surface area (TPSA) is 91.4 Å². The first-order chi connectivity index (χ1) is 25.2. The smallest absolute Gasteiger partial charge is 0.349 e. The van der Waals surface area contributed by atoms with Crippen LogP contribution < -0.4 is 18.9 Å². The van der Waals surface area contributed by atoms with Crippen LogP contribution in [-0.2, 0) is 4.79 Å². The minimum Gasteiger partial charge on any atom is -0.497 e. The van der Waals surface area contributed by atoms with E-state index in [-0.39, 0.29) is 17.3 Å². The normalized spacial score (nSPS) is 14.4. The van der Waals surface area contributed by atoms with E-state index < -0.39 is 31.0 Å². The molecule has 0 spiro atoms. The number of methoxy groups -OCH3 is 1. The number of hydrogen-bond acceptors (Lipinski definition) is 9. The summed E-state index contributed by atoms with van der Waals surface area (Å²) in [6.45, 7) is 1.87. The minimum absolute atomic E-state index is 0.0833. The summed E-state index contributed by atoms with van der Waals surface area (Å²) in [5.74, 6) is -0.947. The van der Waals surface area contributed by atoms with E-state index in [0.29, 0.717) is 55.3 Å². The van der Waals surface area contributed by atoms with Crippen molar-refractivity contribution in [2.45, 2.75) is 31.6 Å². The summed E-state index contributed by atoms with van der Waals surface area (Å²) in [5, 5.41) is 0.618. The van der Waals surface area contributed by atoms with Crippen LogP contribution in [0, 0.1) is 0 Å². The summed E-state index contributed by atoms with van der Waals surface area (Å²) in [4.78, 5) is 42.0. The molecule has 52 heavy (non-hydrogen) atoms. The Morgan fingerprint density at radius 1 is 0.769 bits per heavy atom. The third-order valence-electron chi connectivity index (χ3n) is 8.69. The molecular formula is C40H36F3NO7S. The second kappa shape index (κ2) is 16.9. The number of carbonyl (C=O) groups excluding carboxylic acids is 3. The van der Waals surface area contributed by atoms with Crippen molar-refractivity contribution in [1.29, 1.82) is 0 Å². The number of ketones is 1. The average Bonchev–Trinajstić information content (AvgIpc) is 3.56. The third-order valence-corrected chi connectivity index (χ3v) is 9.89. The predicted molar refractivity (Wildman–Crippen MR) is 192 cm³/mol. The molecule has 270 valence electrons. The molecule has 0 aliphatic carbocycles. The van der Waals surface area contributed by atoms with Crippen molar-refractivity contribution >= 4 is 39.1 Å². The van der Waals surface area contributed by atoms with Crippen molar-refractivity contribution in [1.82, 2.24) is 4.90 Å². The number of nitrogens with zero attached hydrogens (tertiary/aromatic N) is 1. The lowest BCUT2D eigenvalue weighted by molar-refractivity contribution is -0.142. The Kier molecular flexibility index (Phi) is 11.9. The number of hydrogen-bond donors (Lipinski definition) is 0. The number of rotatable bonds is 14. The van der Waals surface area contributed by atoms with Crippen LogP contribution in [0.4, 0.5) is 13.2 Å². The van der Waals surface area contributed by atoms with Gasteiger partial charge >= 0.3 is 11.9 Å². The first kappa shape index (κ1) is 36.6. The van der Waals surface area contributed by atoms with Gasteiger partial charge in [0.25, 0.3) is 0 Å². The quantitative estimate of drug-likeness (QED) is 0.0639. The zero-order chi connectivity index (χ0) is 36.6. The lowest BCUT2D eigenvalue weighted by Crippen LogP contribution is -2.33. The SMILES string of the molecule is COc1ccc(C(=O)Oc2ccc3c(C(=O)c4ccc(OCCN5CCCCC5)cc4)c(-c4ccc(OC(=O)C(F)C(F)CF)cc4)sc3c2)cc1. The van der Waals surface area contributed by atoms with Crippen LogP contribution in [-0.4, -0.2) is 75.0 Å². The Morgan fingerprint density at radius 2 is 1.40 bits per heavy atom. The summed E-state index contributed by atoms with van der Waals surface area (Å²) < 4.78 is 62.1. The van der Waals surface area contributed by atoms with Gasteiger partial charge in [-0.1, -0.05) is 6.42 Å². The van der Waals surface area contributed by atoms with Gasteiger partial charge in [0.1, 0.15) is 36.3 Å². The lowest BCUT2D eigenvalue weighted by Gasteiger charge is -2.26. The number of thiophene rings is 1. The molecule has 0 amide bonds. The highest BCUT2D eigenvalue weighted by molar-refractivity contribution is 7.22. The summed E-state index contributed by atoms with van der Waals surface area (Å²) in [6, 6.07) is 24.3. The fourth-order valence-electron chi connectivity index (χ4n) is 5.86. The highest BCUT2D eigenvalue weighted by Crippen LogP contribution is 2.42. The van der Waals surface area contributed by atoms with Gasteiger partial charge in [-0.3, -0.25) is 9.69 Å². The van der Waals surface area contributed by atoms with Gasteiger partial charge < -0.3 is 18.9 Å². The first-order valence-corrected chi connectivity index (χ1v) is 17.6. The van der Waals surface area contributed by atoms with Crippen LogP contribution >= 0.6 is 11.3 Å². The Labute approximate surface area is 302 Å². The molecule has 1 aliphatic rings. The van der Waals surface area contributed by atoms with Crippen LogP contribution in [0.15, 0.2) is 91.0 Å². The predicted octanol–water partition coefficient (Wildman–Crippen LogP) is 8.44. The maximum Gasteiger partial charge on any atom is 0.349 e. The maximum absolute atomic E-state index is 14.2. The van der Waals surface area contributed by atoms with E-state index in [1.165, 1.54) is 49.8 Å². The molecule has 0 bridgehead atoms. The molecule has 2 unspecified atom stereocenters. The van der Waals surface area contributed by atoms with Gasteiger partial charge in [0.2, 0.25) is 6.17 Å². The average molecular weight is 732 g/mol. The van der Waals surface area contributed by atoms with Crippen molar-refractivity contribution in [3.05, 3.63) is 108 Å². The van der Waals surface area contributed by atoms with E-state index in [0.717, 1.165) is 19.6 Å². The molecule has 0 radical (unpaired) electrons. The molecule has 5 aromatic rings. The van der Waals surface area contributed by atoms with Crippen LogP contribution in [0.3, 0.4) is 0 Å². The Balaban J connectivity index is 1.27. The summed E-state index contributed by atoms with van der Waals surface area (Å²) in [6.07, 6.45) is -1.73. The molecule has 8 nitrogen and oxygen atoms in total. The number of carbonyl (C=O) groups is 3. The Morgan fingerprint density at radius 3 is 2.08 bits per heavy atom. The molecule has 1 fully saturated rings. The highest BCUT2D eigenvalue weighted by atomic mass is 32.1. The fraction of sp³-hybridized carbons (Fsp3) is 0.275. The fourth-order valence-corrected chi connectivity index (χ4v) is 7.09. The van der Waals surface area contributed by atoms with Gasteiger partial charge in [0.05, 0.1) is 12.7 Å². The van der Waals surface area contributed by atoms with Gasteiger partial charge in [-0.25, -0.2) is 22.8 Å². The largest absolute Gasteiger partial charge is 0.497 e. The molecule has 1 aliphatic heterocycles. The van der Waals surface area contributed by atoms with Gasteiger partial charge in [0.15, 0.2) is 12.0 Å². The Hall–Kier alpha value is -5.20. The summed E-state index contributed by atoms with van der Waals surface area (Å²) in [5.41, 5.74) is 1.72.